The van der Waals surface area contributed by atoms with Crippen LogP contribution in [0.1, 0.15) is 56.4 Å². The summed E-state index contributed by atoms with van der Waals surface area (Å²) < 4.78 is 98.7. The Morgan fingerprint density at radius 3 is 2.54 bits per heavy atom. The van der Waals surface area contributed by atoms with Crippen LogP contribution in [-0.4, -0.2) is 47.3 Å². The van der Waals surface area contributed by atoms with Gasteiger partial charge in [-0.05, 0) is 54.8 Å². The summed E-state index contributed by atoms with van der Waals surface area (Å²) in [6.45, 7) is -3.08. The van der Waals surface area contributed by atoms with Gasteiger partial charge in [-0.3, -0.25) is 4.79 Å². The minimum Gasteiger partial charge on any atom is -0.434 e. The number of nitrogens with zero attached hydrogens (tertiary/aromatic N) is 3. The Balaban J connectivity index is 1.60. The van der Waals surface area contributed by atoms with Crippen molar-refractivity contribution in [2.24, 2.45) is 0 Å². The Hall–Kier alpha value is -3.65. The smallest absolute Gasteiger partial charge is 0.387 e. The molecular formula is C28H24F4N3O3P. The normalized spacial score (nSPS) is 20.1. The maximum absolute atomic E-state index is 14.2. The van der Waals surface area contributed by atoms with Crippen LogP contribution in [0.3, 0.4) is 0 Å². The predicted octanol–water partition coefficient (Wildman–Crippen LogP) is 6.61. The molecule has 0 radical (unpaired) electrons. The van der Waals surface area contributed by atoms with Gasteiger partial charge in [0.2, 0.25) is 0 Å². The molecule has 0 N–H and O–H groups in total. The molecule has 0 fully saturated rings. The lowest BCUT2D eigenvalue weighted by Gasteiger charge is -2.24. The zero-order chi connectivity index (χ0) is 30.3. The second-order valence-corrected chi connectivity index (χ2v) is 13.2. The summed E-state index contributed by atoms with van der Waals surface area (Å²) in [6.07, 6.45) is -2.83. The first-order valence-electron chi connectivity index (χ1n) is 13.6. The molecule has 2 atom stereocenters. The van der Waals surface area contributed by atoms with E-state index in [1.54, 1.807) is 28.8 Å². The van der Waals surface area contributed by atoms with Crippen LogP contribution in [0.5, 0.6) is 5.75 Å². The summed E-state index contributed by atoms with van der Waals surface area (Å²) in [7, 11) is -2.81. The molecule has 6 nitrogen and oxygen atoms in total. The summed E-state index contributed by atoms with van der Waals surface area (Å²) in [5.41, 5.74) is 1.16. The van der Waals surface area contributed by atoms with Crippen LogP contribution >= 0.6 is 7.14 Å². The molecule has 0 spiro atoms. The lowest BCUT2D eigenvalue weighted by molar-refractivity contribution is -0.0507. The van der Waals surface area contributed by atoms with Gasteiger partial charge < -0.3 is 18.8 Å². The van der Waals surface area contributed by atoms with Crippen molar-refractivity contribution in [3.8, 4) is 16.9 Å². The first kappa shape index (κ1) is 22.2. The number of ether oxygens (including phenoxy) is 1. The van der Waals surface area contributed by atoms with Gasteiger partial charge in [0.1, 0.15) is 18.7 Å². The zero-order valence-electron chi connectivity index (χ0n) is 23.7. The Bertz CT molecular complexity index is 1800. The molecule has 4 aromatic rings. The van der Waals surface area contributed by atoms with Crippen LogP contribution in [0, 0.1) is 0 Å². The average molecular weight is 561 g/mol. The summed E-state index contributed by atoms with van der Waals surface area (Å²) in [5.74, 6) is -0.893. The highest BCUT2D eigenvalue weighted by Crippen LogP contribution is 2.50. The van der Waals surface area contributed by atoms with E-state index < -0.39 is 45.1 Å². The SMILES string of the molecule is [2H]C([2H])([2H])N1C(=O)c2cccc(OC(F)F)c2[C@H]2C[C@@H]1c1nc3ccc(-c4ccc(P(C)(C)=O)cc4C(F)F)cc3n12. The van der Waals surface area contributed by atoms with Crippen molar-refractivity contribution in [2.75, 3.05) is 20.3 Å². The van der Waals surface area contributed by atoms with Gasteiger partial charge in [0, 0.05) is 39.5 Å². The van der Waals surface area contributed by atoms with Crippen LogP contribution in [-0.2, 0) is 4.57 Å². The van der Waals surface area contributed by atoms with Crippen molar-refractivity contribution in [3.63, 3.8) is 0 Å². The summed E-state index contributed by atoms with van der Waals surface area (Å²) in [5, 5.41) is 0.315. The molecule has 1 amide bonds. The van der Waals surface area contributed by atoms with E-state index in [0.29, 0.717) is 21.9 Å². The fourth-order valence-corrected chi connectivity index (χ4v) is 6.49. The number of fused-ring (bicyclic) bond motifs is 9. The standard InChI is InChI=1S/C28H24F4N3O3P/c1-34-22-13-21(24-17(27(34)36)5-4-6-23(24)38-28(31)32)35-20-11-14(7-10-19(20)33-26(22)35)16-9-8-15(39(2,3)37)12-18(16)25(29)30/h4-12,21-22,25,28H,13H2,1-3H3/t21-,22-/m1/s1/i1D3. The lowest BCUT2D eigenvalue weighted by Crippen LogP contribution is -2.30. The molecule has 2 aliphatic heterocycles. The summed E-state index contributed by atoms with van der Waals surface area (Å²) in [4.78, 5) is 18.9. The highest BCUT2D eigenvalue weighted by atomic mass is 31.2. The monoisotopic (exact) mass is 560 g/mol. The molecule has 2 bridgehead atoms. The van der Waals surface area contributed by atoms with Crippen molar-refractivity contribution < 1.29 is 35.8 Å². The molecule has 0 saturated carbocycles. The lowest BCUT2D eigenvalue weighted by atomic mass is 9.97. The van der Waals surface area contributed by atoms with Crippen LogP contribution in [0.4, 0.5) is 17.6 Å². The third-order valence-electron chi connectivity index (χ3n) is 7.35. The number of aromatic nitrogens is 2. The quantitative estimate of drug-likeness (QED) is 0.204. The van der Waals surface area contributed by atoms with Gasteiger partial charge in [0.15, 0.2) is 0 Å². The number of benzene rings is 3. The Morgan fingerprint density at radius 2 is 1.85 bits per heavy atom. The third kappa shape index (κ3) is 4.04. The van der Waals surface area contributed by atoms with E-state index in [9.17, 15) is 26.9 Å². The van der Waals surface area contributed by atoms with E-state index in [0.717, 1.165) is 4.90 Å². The van der Waals surface area contributed by atoms with E-state index in [4.69, 9.17) is 8.85 Å². The topological polar surface area (TPSA) is 64.4 Å². The molecule has 2 aliphatic rings. The van der Waals surface area contributed by atoms with Crippen molar-refractivity contribution in [2.45, 2.75) is 31.5 Å². The van der Waals surface area contributed by atoms with Crippen molar-refractivity contribution >= 4 is 29.4 Å². The highest BCUT2D eigenvalue weighted by molar-refractivity contribution is 7.70. The predicted molar refractivity (Wildman–Crippen MR) is 140 cm³/mol. The van der Waals surface area contributed by atoms with Gasteiger partial charge >= 0.3 is 6.61 Å². The molecule has 6 rings (SSSR count). The van der Waals surface area contributed by atoms with E-state index >= 15 is 0 Å². The van der Waals surface area contributed by atoms with E-state index in [1.165, 1.54) is 43.7 Å². The fourth-order valence-electron chi connectivity index (χ4n) is 5.60. The summed E-state index contributed by atoms with van der Waals surface area (Å²) >= 11 is 0. The number of hydrogen-bond acceptors (Lipinski definition) is 4. The van der Waals surface area contributed by atoms with Crippen LogP contribution in [0.2, 0.25) is 0 Å². The molecule has 1 aromatic heterocycles. The second kappa shape index (κ2) is 8.95. The number of hydrogen-bond donors (Lipinski definition) is 0. The molecule has 0 aliphatic carbocycles. The van der Waals surface area contributed by atoms with Crippen LogP contribution in [0.25, 0.3) is 22.2 Å². The number of imidazole rings is 1. The zero-order valence-corrected chi connectivity index (χ0v) is 21.6. The van der Waals surface area contributed by atoms with Crippen molar-refractivity contribution in [1.82, 2.24) is 14.5 Å². The van der Waals surface area contributed by atoms with Crippen molar-refractivity contribution in [3.05, 3.63) is 77.1 Å². The average Bonchev–Trinajstić information content (AvgIpc) is 3.39. The molecule has 11 heteroatoms. The number of halogens is 4. The Labute approximate surface area is 225 Å². The third-order valence-corrected chi connectivity index (χ3v) is 8.87. The van der Waals surface area contributed by atoms with E-state index in [2.05, 4.69) is 4.98 Å². The molecule has 0 unspecified atom stereocenters. The van der Waals surface area contributed by atoms with E-state index in [-0.39, 0.29) is 40.2 Å². The van der Waals surface area contributed by atoms with E-state index in [1.807, 2.05) is 0 Å². The number of carbonyl (C=O) groups is 1. The first-order chi connectivity index (χ1) is 19.7. The number of amides is 1. The Morgan fingerprint density at radius 1 is 1.05 bits per heavy atom. The fraction of sp³-hybridized carbons (Fsp3) is 0.286. The van der Waals surface area contributed by atoms with Gasteiger partial charge in [-0.1, -0.05) is 24.3 Å². The molecule has 3 heterocycles. The highest BCUT2D eigenvalue weighted by Gasteiger charge is 2.45. The number of rotatable bonds is 5. The molecular weight excluding hydrogens is 533 g/mol. The van der Waals surface area contributed by atoms with Gasteiger partial charge in [-0.2, -0.15) is 8.78 Å². The van der Waals surface area contributed by atoms with Crippen LogP contribution < -0.4 is 10.0 Å². The van der Waals surface area contributed by atoms with Gasteiger partial charge in [-0.25, -0.2) is 13.8 Å². The van der Waals surface area contributed by atoms with Gasteiger partial charge in [0.05, 0.1) is 23.1 Å². The Kier molecular flexibility index (Phi) is 5.09. The molecule has 0 saturated heterocycles. The van der Waals surface area contributed by atoms with Gasteiger partial charge in [0.25, 0.3) is 12.3 Å². The summed E-state index contributed by atoms with van der Waals surface area (Å²) in [6, 6.07) is 11.3. The molecule has 3 aromatic carbocycles. The van der Waals surface area contributed by atoms with Crippen molar-refractivity contribution in [1.29, 1.82) is 0 Å². The maximum Gasteiger partial charge on any atom is 0.387 e. The largest absolute Gasteiger partial charge is 0.434 e. The van der Waals surface area contributed by atoms with Gasteiger partial charge in [-0.15, -0.1) is 0 Å². The number of alkyl halides is 4. The van der Waals surface area contributed by atoms with Crippen LogP contribution in [0.15, 0.2) is 54.6 Å². The molecule has 202 valence electrons. The first-order valence-corrected chi connectivity index (χ1v) is 14.7. The molecule has 39 heavy (non-hydrogen) atoms. The minimum atomic E-state index is -3.20. The second-order valence-electron chi connectivity index (χ2n) is 10.0. The minimum absolute atomic E-state index is 0.0303. The maximum atomic E-state index is 14.2. The number of carbonyl (C=O) groups excluding carboxylic acids is 1.